The van der Waals surface area contributed by atoms with Gasteiger partial charge in [0.05, 0.1) is 18.8 Å². The topological polar surface area (TPSA) is 149 Å². The van der Waals surface area contributed by atoms with E-state index >= 15 is 0 Å². The summed E-state index contributed by atoms with van der Waals surface area (Å²) in [4.78, 5) is 11.1. The second-order valence-corrected chi connectivity index (χ2v) is 4.97. The van der Waals surface area contributed by atoms with Crippen molar-refractivity contribution in [2.75, 3.05) is 6.61 Å². The Morgan fingerprint density at radius 1 is 1.65 bits per heavy atom. The van der Waals surface area contributed by atoms with Gasteiger partial charge in [0.25, 0.3) is 0 Å². The predicted octanol–water partition coefficient (Wildman–Crippen LogP) is -1.17. The summed E-state index contributed by atoms with van der Waals surface area (Å²) < 4.78 is 5.40. The highest BCUT2D eigenvalue weighted by molar-refractivity contribution is 5.85. The Morgan fingerprint density at radius 3 is 2.70 bits per heavy atom. The fourth-order valence-electron chi connectivity index (χ4n) is 2.26. The number of hydrogen-bond acceptors (Lipinski definition) is 5. The highest BCUT2D eigenvalue weighted by Gasteiger charge is 2.39. The molecule has 0 fully saturated rings. The average molecular weight is 287 g/mol. The Bertz CT molecular complexity index is 412. The lowest BCUT2D eigenvalue weighted by Gasteiger charge is -2.39. The number of hydrogen-bond donors (Lipinski definition) is 6. The van der Waals surface area contributed by atoms with Crippen LogP contribution in [0.3, 0.4) is 0 Å². The van der Waals surface area contributed by atoms with Gasteiger partial charge in [0, 0.05) is 11.8 Å². The fraction of sp³-hybridized carbons (Fsp3) is 0.667. The second kappa shape index (κ2) is 6.58. The van der Waals surface area contributed by atoms with E-state index in [0.717, 1.165) is 0 Å². The molecule has 0 saturated heterocycles. The van der Waals surface area contributed by atoms with Gasteiger partial charge in [0.15, 0.2) is 5.96 Å². The molecule has 0 amide bonds. The average Bonchev–Trinajstić information content (AvgIpc) is 2.38. The van der Waals surface area contributed by atoms with E-state index in [0.29, 0.717) is 0 Å². The maximum atomic E-state index is 11.1. The maximum Gasteiger partial charge on any atom is 0.370 e. The van der Waals surface area contributed by atoms with Crippen molar-refractivity contribution < 1.29 is 24.9 Å². The van der Waals surface area contributed by atoms with E-state index in [9.17, 15) is 9.90 Å². The van der Waals surface area contributed by atoms with E-state index in [1.807, 2.05) is 0 Å². The van der Waals surface area contributed by atoms with E-state index < -0.39 is 36.7 Å². The van der Waals surface area contributed by atoms with E-state index in [2.05, 4.69) is 5.32 Å². The van der Waals surface area contributed by atoms with Crippen LogP contribution in [0.25, 0.3) is 0 Å². The van der Waals surface area contributed by atoms with Crippen molar-refractivity contribution in [2.45, 2.75) is 32.1 Å². The minimum Gasteiger partial charge on any atom is -0.483 e. The van der Waals surface area contributed by atoms with E-state index in [4.69, 9.17) is 26.1 Å². The van der Waals surface area contributed by atoms with Crippen LogP contribution in [0.2, 0.25) is 0 Å². The standard InChI is InChI=1S/C12H21N3O5/c1-5-7(15-12(13)14)3-9(11(18)19)20-10(5)6(2)8(17)4-16/h3,5-8,10,16-17H,4H2,1-2H3,(H,18,19)(H4,13,14,15)/t5-,6-,7+,8-,10-/m1/s1. The van der Waals surface area contributed by atoms with Crippen molar-refractivity contribution in [3.8, 4) is 0 Å². The molecule has 1 aliphatic rings. The van der Waals surface area contributed by atoms with Crippen molar-refractivity contribution in [1.82, 2.24) is 5.32 Å². The Balaban J connectivity index is 3.00. The number of guanidine groups is 1. The van der Waals surface area contributed by atoms with Crippen molar-refractivity contribution in [2.24, 2.45) is 17.6 Å². The van der Waals surface area contributed by atoms with Gasteiger partial charge in [-0.15, -0.1) is 0 Å². The number of carboxylic acid groups (broad SMARTS) is 1. The van der Waals surface area contributed by atoms with Crippen LogP contribution in [0.4, 0.5) is 0 Å². The van der Waals surface area contributed by atoms with E-state index in [1.54, 1.807) is 13.8 Å². The van der Waals surface area contributed by atoms with Gasteiger partial charge in [0.1, 0.15) is 6.10 Å². The molecule has 0 aromatic rings. The quantitative estimate of drug-likeness (QED) is 0.275. The van der Waals surface area contributed by atoms with Crippen LogP contribution in [0.5, 0.6) is 0 Å². The van der Waals surface area contributed by atoms with Crippen molar-refractivity contribution in [3.05, 3.63) is 11.8 Å². The molecule has 0 radical (unpaired) electrons. The summed E-state index contributed by atoms with van der Waals surface area (Å²) in [6, 6.07) is -0.495. The molecule has 114 valence electrons. The van der Waals surface area contributed by atoms with Crippen LogP contribution >= 0.6 is 0 Å². The van der Waals surface area contributed by atoms with Crippen LogP contribution in [0.1, 0.15) is 13.8 Å². The first-order valence-corrected chi connectivity index (χ1v) is 6.29. The van der Waals surface area contributed by atoms with Crippen molar-refractivity contribution in [1.29, 1.82) is 5.41 Å². The number of carbonyl (C=O) groups is 1. The molecular weight excluding hydrogens is 266 g/mol. The number of aliphatic hydroxyl groups excluding tert-OH is 2. The zero-order valence-corrected chi connectivity index (χ0v) is 11.4. The minimum atomic E-state index is -1.23. The minimum absolute atomic E-state index is 0.238. The smallest absolute Gasteiger partial charge is 0.370 e. The summed E-state index contributed by atoms with van der Waals surface area (Å²) in [5.41, 5.74) is 5.28. The summed E-state index contributed by atoms with van der Waals surface area (Å²) in [6.07, 6.45) is -0.290. The van der Waals surface area contributed by atoms with Gasteiger partial charge >= 0.3 is 5.97 Å². The molecule has 0 spiro atoms. The molecule has 1 aliphatic heterocycles. The van der Waals surface area contributed by atoms with Crippen LogP contribution in [0, 0.1) is 17.2 Å². The summed E-state index contributed by atoms with van der Waals surface area (Å²) in [7, 11) is 0. The summed E-state index contributed by atoms with van der Waals surface area (Å²) in [5, 5.41) is 37.7. The Morgan fingerprint density at radius 2 is 2.25 bits per heavy atom. The second-order valence-electron chi connectivity index (χ2n) is 4.97. The number of aliphatic hydroxyl groups is 2. The molecule has 8 nitrogen and oxygen atoms in total. The lowest BCUT2D eigenvalue weighted by molar-refractivity contribution is -0.141. The zero-order chi connectivity index (χ0) is 15.4. The molecule has 1 heterocycles. The molecular formula is C12H21N3O5. The third-order valence-corrected chi connectivity index (χ3v) is 3.52. The Kier molecular flexibility index (Phi) is 5.34. The Labute approximate surface area is 116 Å². The van der Waals surface area contributed by atoms with Crippen LogP contribution < -0.4 is 11.1 Å². The summed E-state index contributed by atoms with van der Waals surface area (Å²) >= 11 is 0. The zero-order valence-electron chi connectivity index (χ0n) is 11.4. The third-order valence-electron chi connectivity index (χ3n) is 3.52. The molecule has 8 heteroatoms. The number of rotatable bonds is 5. The highest BCUT2D eigenvalue weighted by Crippen LogP contribution is 2.30. The van der Waals surface area contributed by atoms with Gasteiger partial charge < -0.3 is 31.1 Å². The number of carboxylic acids is 1. The lowest BCUT2D eigenvalue weighted by atomic mass is 9.83. The maximum absolute atomic E-state index is 11.1. The molecule has 0 aromatic carbocycles. The van der Waals surface area contributed by atoms with Gasteiger partial charge in [0.2, 0.25) is 5.76 Å². The molecule has 0 aliphatic carbocycles. The summed E-state index contributed by atoms with van der Waals surface area (Å²) in [6.45, 7) is 3.02. The van der Waals surface area contributed by atoms with Crippen molar-refractivity contribution >= 4 is 11.9 Å². The number of nitrogens with two attached hydrogens (primary N) is 1. The molecule has 0 aromatic heterocycles. The van der Waals surface area contributed by atoms with E-state index in [1.165, 1.54) is 6.08 Å². The predicted molar refractivity (Wildman–Crippen MR) is 70.9 cm³/mol. The van der Waals surface area contributed by atoms with Gasteiger partial charge in [-0.1, -0.05) is 13.8 Å². The first-order valence-electron chi connectivity index (χ1n) is 6.29. The fourth-order valence-corrected chi connectivity index (χ4v) is 2.26. The van der Waals surface area contributed by atoms with E-state index in [-0.39, 0.29) is 17.6 Å². The normalized spacial score (nSPS) is 28.8. The number of ether oxygens (including phenoxy) is 1. The third kappa shape index (κ3) is 3.61. The highest BCUT2D eigenvalue weighted by atomic mass is 16.5. The lowest BCUT2D eigenvalue weighted by Crippen LogP contribution is -2.51. The van der Waals surface area contributed by atoms with Crippen molar-refractivity contribution in [3.63, 3.8) is 0 Å². The molecule has 1 rings (SSSR count). The molecule has 7 N–H and O–H groups in total. The number of aliphatic carboxylic acids is 1. The molecule has 0 unspecified atom stereocenters. The van der Waals surface area contributed by atoms with Crippen LogP contribution in [-0.2, 0) is 9.53 Å². The van der Waals surface area contributed by atoms with Gasteiger partial charge in [-0.2, -0.15) is 0 Å². The van der Waals surface area contributed by atoms with Gasteiger partial charge in [-0.25, -0.2) is 4.79 Å². The number of nitrogens with one attached hydrogen (secondary N) is 2. The summed E-state index contributed by atoms with van der Waals surface area (Å²) in [5.74, 6) is -2.49. The monoisotopic (exact) mass is 287 g/mol. The van der Waals surface area contributed by atoms with Crippen LogP contribution in [-0.4, -0.2) is 52.1 Å². The SMILES string of the molecule is C[C@@H]([C@@H]1OC(C(=O)O)=C[C@H](NC(=N)N)[C@H]1C)[C@H](O)CO. The molecule has 0 saturated carbocycles. The first-order chi connectivity index (χ1) is 9.27. The van der Waals surface area contributed by atoms with Crippen LogP contribution in [0.15, 0.2) is 11.8 Å². The van der Waals surface area contributed by atoms with Gasteiger partial charge in [-0.3, -0.25) is 5.41 Å². The molecule has 0 bridgehead atoms. The largest absolute Gasteiger partial charge is 0.483 e. The molecule has 5 atom stereocenters. The van der Waals surface area contributed by atoms with Gasteiger partial charge in [-0.05, 0) is 6.08 Å². The Hall–Kier alpha value is -1.80. The molecule has 20 heavy (non-hydrogen) atoms. The first kappa shape index (κ1) is 16.3.